The minimum absolute atomic E-state index is 0. The van der Waals surface area contributed by atoms with E-state index in [9.17, 15) is 0 Å². The van der Waals surface area contributed by atoms with Crippen LogP contribution in [0.3, 0.4) is 0 Å². The molecule has 1 aromatic rings. The van der Waals surface area contributed by atoms with Crippen LogP contribution in [0.25, 0.3) is 0 Å². The Labute approximate surface area is 170 Å². The van der Waals surface area contributed by atoms with Crippen molar-refractivity contribution in [3.63, 3.8) is 0 Å². The molecule has 4 nitrogen and oxygen atoms in total. The van der Waals surface area contributed by atoms with E-state index in [4.69, 9.17) is 4.74 Å². The highest BCUT2D eigenvalue weighted by Crippen LogP contribution is 2.15. The maximum Gasteiger partial charge on any atom is 0.193 e. The van der Waals surface area contributed by atoms with Crippen molar-refractivity contribution < 1.29 is 4.74 Å². The van der Waals surface area contributed by atoms with E-state index in [2.05, 4.69) is 52.5 Å². The molecule has 0 radical (unpaired) electrons. The van der Waals surface area contributed by atoms with E-state index in [0.717, 1.165) is 64.0 Å². The number of hydrogen-bond donors (Lipinski definition) is 1. The van der Waals surface area contributed by atoms with Gasteiger partial charge in [-0.2, -0.15) is 0 Å². The van der Waals surface area contributed by atoms with E-state index in [0.29, 0.717) is 0 Å². The smallest absolute Gasteiger partial charge is 0.193 e. The molecule has 5 heteroatoms. The van der Waals surface area contributed by atoms with Crippen molar-refractivity contribution >= 4 is 29.9 Å². The molecule has 25 heavy (non-hydrogen) atoms. The summed E-state index contributed by atoms with van der Waals surface area (Å²) >= 11 is 0. The number of unbranched alkanes of at least 4 members (excludes halogenated alkanes) is 1. The molecular formula is C20H34IN3O. The Balaban J connectivity index is 0.00000312. The molecule has 1 aliphatic heterocycles. The Kier molecular flexibility index (Phi) is 11.9. The molecule has 0 amide bonds. The van der Waals surface area contributed by atoms with Crippen molar-refractivity contribution in [3.05, 3.63) is 35.9 Å². The molecule has 2 rings (SSSR count). The Morgan fingerprint density at radius 1 is 1.16 bits per heavy atom. The molecule has 0 unspecified atom stereocenters. The topological polar surface area (TPSA) is 36.9 Å². The minimum Gasteiger partial charge on any atom is -0.381 e. The van der Waals surface area contributed by atoms with Gasteiger partial charge in [0.2, 0.25) is 0 Å². The van der Waals surface area contributed by atoms with Crippen LogP contribution < -0.4 is 5.32 Å². The largest absolute Gasteiger partial charge is 0.381 e. The van der Waals surface area contributed by atoms with E-state index in [1.165, 1.54) is 18.4 Å². The molecule has 0 aliphatic carbocycles. The van der Waals surface area contributed by atoms with E-state index >= 15 is 0 Å². The van der Waals surface area contributed by atoms with Gasteiger partial charge in [0.05, 0.1) is 6.61 Å². The van der Waals surface area contributed by atoms with E-state index in [1.54, 1.807) is 0 Å². The Hall–Kier alpha value is -0.820. The van der Waals surface area contributed by atoms with Crippen molar-refractivity contribution in [2.75, 3.05) is 39.9 Å². The first-order valence-corrected chi connectivity index (χ1v) is 9.37. The molecule has 0 aromatic heterocycles. The summed E-state index contributed by atoms with van der Waals surface area (Å²) in [7, 11) is 1.88. The molecular weight excluding hydrogens is 425 g/mol. The second-order valence-electron chi connectivity index (χ2n) is 6.70. The van der Waals surface area contributed by atoms with Crippen LogP contribution in [0.1, 0.15) is 38.2 Å². The normalized spacial score (nSPS) is 15.8. The van der Waals surface area contributed by atoms with Crippen LogP contribution in [-0.2, 0) is 11.2 Å². The number of likely N-dealkylation sites (tertiary alicyclic amines) is 1. The summed E-state index contributed by atoms with van der Waals surface area (Å²) < 4.78 is 5.73. The summed E-state index contributed by atoms with van der Waals surface area (Å²) in [6, 6.07) is 10.5. The van der Waals surface area contributed by atoms with E-state index in [1.807, 2.05) is 7.05 Å². The lowest BCUT2D eigenvalue weighted by atomic mass is 10.00. The number of guanidine groups is 1. The lowest BCUT2D eigenvalue weighted by Crippen LogP contribution is -2.45. The molecule has 1 aliphatic rings. The van der Waals surface area contributed by atoms with Gasteiger partial charge in [0.1, 0.15) is 0 Å². The van der Waals surface area contributed by atoms with Gasteiger partial charge in [0.15, 0.2) is 5.96 Å². The maximum atomic E-state index is 5.73. The zero-order chi connectivity index (χ0) is 17.0. The first-order valence-electron chi connectivity index (χ1n) is 9.37. The third kappa shape index (κ3) is 8.90. The van der Waals surface area contributed by atoms with Gasteiger partial charge in [-0.1, -0.05) is 37.3 Å². The second-order valence-corrected chi connectivity index (χ2v) is 6.70. The van der Waals surface area contributed by atoms with Crippen molar-refractivity contribution in [2.45, 2.75) is 39.0 Å². The molecule has 0 saturated carbocycles. The maximum absolute atomic E-state index is 5.73. The lowest BCUT2D eigenvalue weighted by molar-refractivity contribution is 0.133. The summed E-state index contributed by atoms with van der Waals surface area (Å²) in [4.78, 5) is 6.80. The number of nitrogens with one attached hydrogen (secondary N) is 1. The number of nitrogens with zero attached hydrogens (tertiary/aromatic N) is 2. The zero-order valence-corrected chi connectivity index (χ0v) is 18.1. The summed E-state index contributed by atoms with van der Waals surface area (Å²) in [5.74, 6) is 1.92. The summed E-state index contributed by atoms with van der Waals surface area (Å²) in [6.07, 6.45) is 5.76. The summed E-state index contributed by atoms with van der Waals surface area (Å²) in [5, 5.41) is 3.49. The average molecular weight is 459 g/mol. The highest BCUT2D eigenvalue weighted by Gasteiger charge is 2.17. The third-order valence-electron chi connectivity index (χ3n) is 4.67. The fourth-order valence-electron chi connectivity index (χ4n) is 3.02. The SMILES string of the molecule is CN=C(NCCCCOCCc1ccccc1)N1CCC(C)CC1.I. The Morgan fingerprint density at radius 3 is 2.56 bits per heavy atom. The fraction of sp³-hybridized carbons (Fsp3) is 0.650. The van der Waals surface area contributed by atoms with Crippen molar-refractivity contribution in [1.29, 1.82) is 0 Å². The molecule has 1 heterocycles. The number of rotatable bonds is 8. The van der Waals surface area contributed by atoms with Crippen LogP contribution in [0.4, 0.5) is 0 Å². The van der Waals surface area contributed by atoms with Crippen molar-refractivity contribution in [3.8, 4) is 0 Å². The van der Waals surface area contributed by atoms with Crippen LogP contribution >= 0.6 is 24.0 Å². The van der Waals surface area contributed by atoms with E-state index < -0.39 is 0 Å². The van der Waals surface area contributed by atoms with Gasteiger partial charge in [-0.25, -0.2) is 0 Å². The van der Waals surface area contributed by atoms with Crippen LogP contribution in [-0.4, -0.2) is 50.8 Å². The predicted octanol–water partition coefficient (Wildman–Crippen LogP) is 3.95. The first kappa shape index (κ1) is 22.2. The van der Waals surface area contributed by atoms with Crippen LogP contribution in [0.5, 0.6) is 0 Å². The highest BCUT2D eigenvalue weighted by atomic mass is 127. The first-order chi connectivity index (χ1) is 11.8. The molecule has 1 N–H and O–H groups in total. The van der Waals surface area contributed by atoms with Gasteiger partial charge >= 0.3 is 0 Å². The molecule has 0 spiro atoms. The fourth-order valence-corrected chi connectivity index (χ4v) is 3.02. The van der Waals surface area contributed by atoms with Crippen LogP contribution in [0.2, 0.25) is 0 Å². The molecule has 1 saturated heterocycles. The number of ether oxygens (including phenoxy) is 1. The van der Waals surface area contributed by atoms with Gasteiger partial charge in [0, 0.05) is 33.3 Å². The average Bonchev–Trinajstić information content (AvgIpc) is 2.62. The Morgan fingerprint density at radius 2 is 1.88 bits per heavy atom. The van der Waals surface area contributed by atoms with Gasteiger partial charge in [0.25, 0.3) is 0 Å². The van der Waals surface area contributed by atoms with E-state index in [-0.39, 0.29) is 24.0 Å². The van der Waals surface area contributed by atoms with Crippen LogP contribution in [0.15, 0.2) is 35.3 Å². The van der Waals surface area contributed by atoms with Crippen molar-refractivity contribution in [1.82, 2.24) is 10.2 Å². The molecule has 1 aromatic carbocycles. The number of aliphatic imine (C=N–C) groups is 1. The molecule has 1 fully saturated rings. The van der Waals surface area contributed by atoms with Crippen molar-refractivity contribution in [2.24, 2.45) is 10.9 Å². The number of halogens is 1. The third-order valence-corrected chi connectivity index (χ3v) is 4.67. The second kappa shape index (κ2) is 13.4. The number of piperidine rings is 1. The number of hydrogen-bond acceptors (Lipinski definition) is 2. The summed E-state index contributed by atoms with van der Waals surface area (Å²) in [6.45, 7) is 7.22. The van der Waals surface area contributed by atoms with Gasteiger partial charge in [-0.15, -0.1) is 24.0 Å². The standard InChI is InChI=1S/C20H33N3O.HI/c1-18-10-14-23(15-11-18)20(21-2)22-13-6-7-16-24-17-12-19-8-4-3-5-9-19;/h3-5,8-9,18H,6-7,10-17H2,1-2H3,(H,21,22);1H. The van der Waals surface area contributed by atoms with Gasteiger partial charge in [-0.3, -0.25) is 4.99 Å². The predicted molar refractivity (Wildman–Crippen MR) is 117 cm³/mol. The van der Waals surface area contributed by atoms with Crippen LogP contribution in [0, 0.1) is 5.92 Å². The monoisotopic (exact) mass is 459 g/mol. The summed E-state index contributed by atoms with van der Waals surface area (Å²) in [5.41, 5.74) is 1.35. The molecule has 142 valence electrons. The Bertz CT molecular complexity index is 473. The minimum atomic E-state index is 0. The highest BCUT2D eigenvalue weighted by molar-refractivity contribution is 14.0. The molecule has 0 bridgehead atoms. The zero-order valence-electron chi connectivity index (χ0n) is 15.7. The lowest BCUT2D eigenvalue weighted by Gasteiger charge is -2.32. The molecule has 0 atom stereocenters. The van der Waals surface area contributed by atoms with Gasteiger partial charge < -0.3 is 15.0 Å². The quantitative estimate of drug-likeness (QED) is 0.277. The number of benzene rings is 1. The van der Waals surface area contributed by atoms with Gasteiger partial charge in [-0.05, 0) is 43.6 Å².